The molecular formula is C18H20N4S. The van der Waals surface area contributed by atoms with Crippen molar-refractivity contribution in [2.45, 2.75) is 32.3 Å². The lowest BCUT2D eigenvalue weighted by Gasteiger charge is -2.12. The number of nitrogens with zero attached hydrogens (tertiary/aromatic N) is 4. The molecule has 0 N–H and O–H groups in total. The zero-order valence-electron chi connectivity index (χ0n) is 13.7. The zero-order chi connectivity index (χ0) is 16.2. The zero-order valence-corrected chi connectivity index (χ0v) is 14.5. The van der Waals surface area contributed by atoms with Gasteiger partial charge in [-0.15, -0.1) is 10.2 Å². The number of benzene rings is 1. The van der Waals surface area contributed by atoms with Crippen LogP contribution in [-0.4, -0.2) is 25.5 Å². The van der Waals surface area contributed by atoms with Gasteiger partial charge in [0.05, 0.1) is 5.69 Å². The largest absolute Gasteiger partial charge is 0.270 e. The van der Waals surface area contributed by atoms with Crippen LogP contribution in [0.3, 0.4) is 0 Å². The first-order valence-corrected chi connectivity index (χ1v) is 8.75. The number of pyridine rings is 1. The molecule has 23 heavy (non-hydrogen) atoms. The SMILES string of the molecule is CCCSc1nnc(-c2ccncc2)n1-c1ccc(C)c(C)c1. The van der Waals surface area contributed by atoms with Gasteiger partial charge in [0.25, 0.3) is 0 Å². The Morgan fingerprint density at radius 2 is 1.78 bits per heavy atom. The molecule has 0 fully saturated rings. The highest BCUT2D eigenvalue weighted by Gasteiger charge is 2.16. The molecule has 0 radical (unpaired) electrons. The minimum Gasteiger partial charge on any atom is -0.270 e. The van der Waals surface area contributed by atoms with Crippen LogP contribution in [0.4, 0.5) is 0 Å². The maximum atomic E-state index is 4.43. The first-order valence-electron chi connectivity index (χ1n) is 7.77. The van der Waals surface area contributed by atoms with Gasteiger partial charge in [-0.05, 0) is 55.7 Å². The van der Waals surface area contributed by atoms with Gasteiger partial charge >= 0.3 is 0 Å². The monoisotopic (exact) mass is 324 g/mol. The molecule has 0 saturated heterocycles. The molecule has 3 rings (SSSR count). The van der Waals surface area contributed by atoms with Crippen LogP contribution in [0.1, 0.15) is 24.5 Å². The lowest BCUT2D eigenvalue weighted by Crippen LogP contribution is -2.01. The molecule has 0 aliphatic rings. The van der Waals surface area contributed by atoms with Gasteiger partial charge in [0, 0.05) is 23.7 Å². The van der Waals surface area contributed by atoms with Gasteiger partial charge in [-0.25, -0.2) is 0 Å². The quantitative estimate of drug-likeness (QED) is 0.650. The molecule has 5 heteroatoms. The van der Waals surface area contributed by atoms with E-state index in [1.54, 1.807) is 24.2 Å². The van der Waals surface area contributed by atoms with E-state index in [1.807, 2.05) is 12.1 Å². The third kappa shape index (κ3) is 3.29. The van der Waals surface area contributed by atoms with Crippen LogP contribution in [-0.2, 0) is 0 Å². The lowest BCUT2D eigenvalue weighted by atomic mass is 10.1. The van der Waals surface area contributed by atoms with E-state index in [0.29, 0.717) is 0 Å². The molecule has 118 valence electrons. The predicted molar refractivity (Wildman–Crippen MR) is 95.1 cm³/mol. The molecule has 4 nitrogen and oxygen atoms in total. The van der Waals surface area contributed by atoms with Crippen molar-refractivity contribution in [3.05, 3.63) is 53.9 Å². The number of thioether (sulfide) groups is 1. The number of rotatable bonds is 5. The standard InChI is InChI=1S/C18H20N4S/c1-4-11-23-18-21-20-17(15-7-9-19-10-8-15)22(18)16-6-5-13(2)14(3)12-16/h5-10,12H,4,11H2,1-3H3. The fourth-order valence-corrected chi connectivity index (χ4v) is 3.15. The summed E-state index contributed by atoms with van der Waals surface area (Å²) in [4.78, 5) is 4.09. The fourth-order valence-electron chi connectivity index (χ4n) is 2.34. The molecular weight excluding hydrogens is 304 g/mol. The van der Waals surface area contributed by atoms with Gasteiger partial charge in [-0.2, -0.15) is 0 Å². The lowest BCUT2D eigenvalue weighted by molar-refractivity contribution is 0.882. The summed E-state index contributed by atoms with van der Waals surface area (Å²) >= 11 is 1.74. The second-order valence-electron chi connectivity index (χ2n) is 5.49. The Morgan fingerprint density at radius 1 is 1.00 bits per heavy atom. The summed E-state index contributed by atoms with van der Waals surface area (Å²) in [5.41, 5.74) is 4.68. The molecule has 2 heterocycles. The predicted octanol–water partition coefficient (Wildman–Crippen LogP) is 4.45. The molecule has 1 aromatic carbocycles. The van der Waals surface area contributed by atoms with Gasteiger partial charge in [0.15, 0.2) is 11.0 Å². The minimum atomic E-state index is 0.856. The van der Waals surface area contributed by atoms with Crippen molar-refractivity contribution in [2.75, 3.05) is 5.75 Å². The Morgan fingerprint density at radius 3 is 2.48 bits per heavy atom. The van der Waals surface area contributed by atoms with E-state index < -0.39 is 0 Å². The first kappa shape index (κ1) is 15.7. The van der Waals surface area contributed by atoms with E-state index in [1.165, 1.54) is 11.1 Å². The third-order valence-corrected chi connectivity index (χ3v) is 4.89. The van der Waals surface area contributed by atoms with Gasteiger partial charge < -0.3 is 0 Å². The summed E-state index contributed by atoms with van der Waals surface area (Å²) in [5.74, 6) is 1.88. The molecule has 0 amide bonds. The Bertz CT molecular complexity index is 796. The Labute approximate surface area is 141 Å². The normalized spacial score (nSPS) is 10.9. The fraction of sp³-hybridized carbons (Fsp3) is 0.278. The third-order valence-electron chi connectivity index (χ3n) is 3.76. The van der Waals surface area contributed by atoms with E-state index in [4.69, 9.17) is 0 Å². The summed E-state index contributed by atoms with van der Waals surface area (Å²) in [6.07, 6.45) is 4.68. The van der Waals surface area contributed by atoms with Crippen LogP contribution in [0.2, 0.25) is 0 Å². The number of aryl methyl sites for hydroxylation is 2. The average molecular weight is 324 g/mol. The highest BCUT2D eigenvalue weighted by Crippen LogP contribution is 2.28. The van der Waals surface area contributed by atoms with Crippen molar-refractivity contribution in [1.82, 2.24) is 19.7 Å². The average Bonchev–Trinajstić information content (AvgIpc) is 3.00. The van der Waals surface area contributed by atoms with Crippen LogP contribution in [0.15, 0.2) is 47.9 Å². The minimum absolute atomic E-state index is 0.856. The summed E-state index contributed by atoms with van der Waals surface area (Å²) in [6.45, 7) is 6.43. The number of hydrogen-bond donors (Lipinski definition) is 0. The van der Waals surface area contributed by atoms with Crippen molar-refractivity contribution >= 4 is 11.8 Å². The Balaban J connectivity index is 2.14. The van der Waals surface area contributed by atoms with Crippen molar-refractivity contribution < 1.29 is 0 Å². The summed E-state index contributed by atoms with van der Waals surface area (Å²) in [5, 5.41) is 9.78. The highest BCUT2D eigenvalue weighted by atomic mass is 32.2. The molecule has 0 unspecified atom stereocenters. The van der Waals surface area contributed by atoms with E-state index in [-0.39, 0.29) is 0 Å². The Hall–Kier alpha value is -2.14. The smallest absolute Gasteiger partial charge is 0.196 e. The van der Waals surface area contributed by atoms with Crippen LogP contribution in [0, 0.1) is 13.8 Å². The van der Waals surface area contributed by atoms with E-state index in [2.05, 4.69) is 58.7 Å². The molecule has 0 saturated carbocycles. The maximum Gasteiger partial charge on any atom is 0.196 e. The molecule has 0 spiro atoms. The molecule has 0 bridgehead atoms. The van der Waals surface area contributed by atoms with Crippen LogP contribution in [0.5, 0.6) is 0 Å². The highest BCUT2D eigenvalue weighted by molar-refractivity contribution is 7.99. The number of aromatic nitrogens is 4. The first-order chi connectivity index (χ1) is 11.2. The van der Waals surface area contributed by atoms with Crippen molar-refractivity contribution in [3.8, 4) is 17.1 Å². The van der Waals surface area contributed by atoms with Gasteiger partial charge in [-0.1, -0.05) is 24.8 Å². The second-order valence-corrected chi connectivity index (χ2v) is 6.56. The number of hydrogen-bond acceptors (Lipinski definition) is 4. The second kappa shape index (κ2) is 6.96. The summed E-state index contributed by atoms with van der Waals surface area (Å²) < 4.78 is 2.14. The van der Waals surface area contributed by atoms with Crippen LogP contribution < -0.4 is 0 Å². The van der Waals surface area contributed by atoms with Crippen molar-refractivity contribution in [1.29, 1.82) is 0 Å². The van der Waals surface area contributed by atoms with E-state index in [9.17, 15) is 0 Å². The van der Waals surface area contributed by atoms with Crippen molar-refractivity contribution in [2.24, 2.45) is 0 Å². The Kier molecular flexibility index (Phi) is 4.76. The van der Waals surface area contributed by atoms with Crippen LogP contribution in [0.25, 0.3) is 17.1 Å². The molecule has 0 atom stereocenters. The van der Waals surface area contributed by atoms with Gasteiger partial charge in [-0.3, -0.25) is 9.55 Å². The van der Waals surface area contributed by atoms with Gasteiger partial charge in [0.1, 0.15) is 0 Å². The molecule has 0 aliphatic carbocycles. The topological polar surface area (TPSA) is 43.6 Å². The van der Waals surface area contributed by atoms with E-state index in [0.717, 1.165) is 34.4 Å². The molecule has 0 aliphatic heterocycles. The molecule has 3 aromatic rings. The summed E-state index contributed by atoms with van der Waals surface area (Å²) in [7, 11) is 0. The maximum absolute atomic E-state index is 4.43. The van der Waals surface area contributed by atoms with Gasteiger partial charge in [0.2, 0.25) is 0 Å². The van der Waals surface area contributed by atoms with Crippen molar-refractivity contribution in [3.63, 3.8) is 0 Å². The van der Waals surface area contributed by atoms with Crippen LogP contribution >= 0.6 is 11.8 Å². The molecule has 2 aromatic heterocycles. The summed E-state index contributed by atoms with van der Waals surface area (Å²) in [6, 6.07) is 10.4. The van der Waals surface area contributed by atoms with E-state index >= 15 is 0 Å².